The first-order valence-electron chi connectivity index (χ1n) is 2.77. The molecule has 1 nitrogen and oxygen atoms in total. The number of rotatable bonds is 0. The Balaban J connectivity index is 2.80. The van der Waals surface area contributed by atoms with Crippen LogP contribution in [0.15, 0.2) is 35.0 Å². The summed E-state index contributed by atoms with van der Waals surface area (Å²) in [7, 11) is 0. The standard InChI is InChI=1S/C7H8ClN/c8-6-2-1-3-7(9)5-4-6/h1,3-5H,2,9H2. The third-order valence-corrected chi connectivity index (χ3v) is 1.36. The molecule has 1 aliphatic rings. The van der Waals surface area contributed by atoms with E-state index in [1.807, 2.05) is 18.2 Å². The Labute approximate surface area is 59.5 Å². The molecule has 0 heterocycles. The Bertz CT molecular complexity index is 189. The summed E-state index contributed by atoms with van der Waals surface area (Å²) in [5.41, 5.74) is 6.22. The molecule has 0 unspecified atom stereocenters. The van der Waals surface area contributed by atoms with Gasteiger partial charge in [0.05, 0.1) is 0 Å². The average molecular weight is 142 g/mol. The molecule has 0 aromatic heterocycles. The van der Waals surface area contributed by atoms with Gasteiger partial charge in [0, 0.05) is 17.2 Å². The van der Waals surface area contributed by atoms with Gasteiger partial charge in [0.1, 0.15) is 0 Å². The molecule has 0 atom stereocenters. The molecule has 0 aromatic rings. The molecule has 0 fully saturated rings. The third kappa shape index (κ3) is 1.94. The lowest BCUT2D eigenvalue weighted by Gasteiger charge is -1.83. The monoisotopic (exact) mass is 141 g/mol. The van der Waals surface area contributed by atoms with Gasteiger partial charge in [-0.2, -0.15) is 0 Å². The zero-order chi connectivity index (χ0) is 6.69. The molecule has 0 aliphatic heterocycles. The van der Waals surface area contributed by atoms with Crippen LogP contribution in [0.5, 0.6) is 0 Å². The highest BCUT2D eigenvalue weighted by molar-refractivity contribution is 6.29. The van der Waals surface area contributed by atoms with Crippen LogP contribution >= 0.6 is 11.6 Å². The van der Waals surface area contributed by atoms with Gasteiger partial charge in [-0.25, -0.2) is 0 Å². The van der Waals surface area contributed by atoms with Crippen molar-refractivity contribution in [1.82, 2.24) is 0 Å². The van der Waals surface area contributed by atoms with Gasteiger partial charge in [0.25, 0.3) is 0 Å². The van der Waals surface area contributed by atoms with E-state index in [0.29, 0.717) is 0 Å². The Morgan fingerprint density at radius 2 is 2.22 bits per heavy atom. The molecule has 0 aromatic carbocycles. The van der Waals surface area contributed by atoms with Gasteiger partial charge < -0.3 is 5.73 Å². The molecule has 0 amide bonds. The van der Waals surface area contributed by atoms with Crippen molar-refractivity contribution in [3.8, 4) is 0 Å². The van der Waals surface area contributed by atoms with E-state index in [1.54, 1.807) is 6.08 Å². The highest BCUT2D eigenvalue weighted by Gasteiger charge is 1.90. The van der Waals surface area contributed by atoms with E-state index < -0.39 is 0 Å². The largest absolute Gasteiger partial charge is 0.399 e. The summed E-state index contributed by atoms with van der Waals surface area (Å²) in [6.07, 6.45) is 8.20. The minimum absolute atomic E-state index is 0.755. The van der Waals surface area contributed by atoms with Crippen LogP contribution in [-0.4, -0.2) is 0 Å². The van der Waals surface area contributed by atoms with E-state index in [9.17, 15) is 0 Å². The summed E-state index contributed by atoms with van der Waals surface area (Å²) in [6.45, 7) is 0. The van der Waals surface area contributed by atoms with Crippen molar-refractivity contribution in [3.05, 3.63) is 35.0 Å². The van der Waals surface area contributed by atoms with Crippen molar-refractivity contribution in [2.75, 3.05) is 0 Å². The Kier molecular flexibility index (Phi) is 1.96. The van der Waals surface area contributed by atoms with E-state index in [4.69, 9.17) is 17.3 Å². The zero-order valence-electron chi connectivity index (χ0n) is 4.97. The number of hydrogen-bond acceptors (Lipinski definition) is 1. The normalized spacial score (nSPS) is 18.3. The van der Waals surface area contributed by atoms with Crippen molar-refractivity contribution in [2.24, 2.45) is 5.73 Å². The maximum Gasteiger partial charge on any atom is 0.0311 e. The summed E-state index contributed by atoms with van der Waals surface area (Å²) < 4.78 is 0. The lowest BCUT2D eigenvalue weighted by Crippen LogP contribution is -1.89. The highest BCUT2D eigenvalue weighted by atomic mass is 35.5. The van der Waals surface area contributed by atoms with E-state index in [-0.39, 0.29) is 0 Å². The fourth-order valence-electron chi connectivity index (χ4n) is 0.618. The van der Waals surface area contributed by atoms with Gasteiger partial charge >= 0.3 is 0 Å². The van der Waals surface area contributed by atoms with Gasteiger partial charge in [-0.15, -0.1) is 0 Å². The number of nitrogens with two attached hydrogens (primary N) is 1. The number of hydrogen-bond donors (Lipinski definition) is 1. The van der Waals surface area contributed by atoms with Crippen LogP contribution in [0.25, 0.3) is 0 Å². The molecule has 0 saturated heterocycles. The van der Waals surface area contributed by atoms with Crippen LogP contribution in [0.3, 0.4) is 0 Å². The first-order valence-corrected chi connectivity index (χ1v) is 3.15. The molecule has 1 aliphatic carbocycles. The van der Waals surface area contributed by atoms with Crippen LogP contribution in [0.4, 0.5) is 0 Å². The molecule has 0 spiro atoms. The van der Waals surface area contributed by atoms with Crippen LogP contribution < -0.4 is 5.73 Å². The van der Waals surface area contributed by atoms with Crippen molar-refractivity contribution < 1.29 is 0 Å². The fraction of sp³-hybridized carbons (Fsp3) is 0.143. The topological polar surface area (TPSA) is 26.0 Å². The van der Waals surface area contributed by atoms with Gasteiger partial charge in [-0.1, -0.05) is 17.7 Å². The minimum Gasteiger partial charge on any atom is -0.399 e. The second-order valence-electron chi connectivity index (χ2n) is 1.89. The first-order chi connectivity index (χ1) is 4.29. The minimum atomic E-state index is 0.755. The number of allylic oxidation sites excluding steroid dienone is 5. The highest BCUT2D eigenvalue weighted by Crippen LogP contribution is 2.11. The van der Waals surface area contributed by atoms with E-state index in [0.717, 1.165) is 17.2 Å². The van der Waals surface area contributed by atoms with E-state index in [2.05, 4.69) is 0 Å². The molecule has 1 rings (SSSR count). The van der Waals surface area contributed by atoms with Crippen LogP contribution in [0.1, 0.15) is 6.42 Å². The lowest BCUT2D eigenvalue weighted by molar-refractivity contribution is 1.35. The summed E-state index contributed by atoms with van der Waals surface area (Å²) in [5.74, 6) is 0. The van der Waals surface area contributed by atoms with Gasteiger partial charge in [-0.05, 0) is 18.2 Å². The molecular weight excluding hydrogens is 134 g/mol. The molecule has 48 valence electrons. The summed E-state index contributed by atoms with van der Waals surface area (Å²) in [5, 5.41) is 0.826. The van der Waals surface area contributed by atoms with E-state index >= 15 is 0 Å². The first kappa shape index (κ1) is 6.43. The van der Waals surface area contributed by atoms with Crippen molar-refractivity contribution in [1.29, 1.82) is 0 Å². The summed E-state index contributed by atoms with van der Waals surface area (Å²) in [4.78, 5) is 0. The maximum atomic E-state index is 5.70. The van der Waals surface area contributed by atoms with Gasteiger partial charge in [0.2, 0.25) is 0 Å². The Hall–Kier alpha value is -0.690. The third-order valence-electron chi connectivity index (χ3n) is 1.08. The van der Waals surface area contributed by atoms with Crippen LogP contribution in [0.2, 0.25) is 0 Å². The van der Waals surface area contributed by atoms with Crippen molar-refractivity contribution in [3.63, 3.8) is 0 Å². The molecule has 2 N–H and O–H groups in total. The second kappa shape index (κ2) is 2.74. The van der Waals surface area contributed by atoms with Crippen molar-refractivity contribution >= 4 is 11.6 Å². The molecule has 0 radical (unpaired) electrons. The van der Waals surface area contributed by atoms with E-state index in [1.165, 1.54) is 0 Å². The average Bonchev–Trinajstić information content (AvgIpc) is 1.97. The predicted molar refractivity (Wildman–Crippen MR) is 40.0 cm³/mol. The SMILES string of the molecule is NC1=CC=C(Cl)CC=C1. The Morgan fingerprint density at radius 3 is 3.00 bits per heavy atom. The molecule has 2 heteroatoms. The lowest BCUT2D eigenvalue weighted by atomic mass is 10.4. The Morgan fingerprint density at radius 1 is 1.44 bits per heavy atom. The number of halogens is 1. The van der Waals surface area contributed by atoms with Gasteiger partial charge in [0.15, 0.2) is 0 Å². The quantitative estimate of drug-likeness (QED) is 0.548. The van der Waals surface area contributed by atoms with Gasteiger partial charge in [-0.3, -0.25) is 0 Å². The molecule has 0 bridgehead atoms. The van der Waals surface area contributed by atoms with Crippen LogP contribution in [0, 0.1) is 0 Å². The maximum absolute atomic E-state index is 5.70. The predicted octanol–water partition coefficient (Wildman–Crippen LogP) is 1.91. The summed E-state index contributed by atoms with van der Waals surface area (Å²) >= 11 is 5.70. The molecule has 0 saturated carbocycles. The molecule has 9 heavy (non-hydrogen) atoms. The molecular formula is C7H8ClN. The smallest absolute Gasteiger partial charge is 0.0311 e. The zero-order valence-corrected chi connectivity index (χ0v) is 5.73. The summed E-state index contributed by atoms with van der Waals surface area (Å²) in [6, 6.07) is 0. The van der Waals surface area contributed by atoms with Crippen molar-refractivity contribution in [2.45, 2.75) is 6.42 Å². The second-order valence-corrected chi connectivity index (χ2v) is 2.37. The fourth-order valence-corrected chi connectivity index (χ4v) is 0.770. The van der Waals surface area contributed by atoms with Crippen LogP contribution in [-0.2, 0) is 0 Å².